The molecule has 0 spiro atoms. The summed E-state index contributed by atoms with van der Waals surface area (Å²) in [6.45, 7) is 1.21. The topological polar surface area (TPSA) is 465 Å². The number of benzene rings is 3. The molecular weight excluding hydrogens is 993 g/mol. The number of nitrogens with one attached hydrogen (secondary N) is 3. The van der Waals surface area contributed by atoms with Gasteiger partial charge in [-0.1, -0.05) is 50.1 Å². The Morgan fingerprint density at radius 1 is 0.514 bits per heavy atom. The Labute approximate surface area is 422 Å². The first-order valence-corrected chi connectivity index (χ1v) is 25.3. The average Bonchev–Trinajstić information content (AvgIpc) is 3.33. The molecule has 3 aromatic carbocycles. The summed E-state index contributed by atoms with van der Waals surface area (Å²) in [5, 5.41) is 18.6. The van der Waals surface area contributed by atoms with E-state index in [1.165, 1.54) is 0 Å². The summed E-state index contributed by atoms with van der Waals surface area (Å²) in [4.78, 5) is 98.0. The summed E-state index contributed by atoms with van der Waals surface area (Å²) in [6, 6.07) is 21.2. The lowest BCUT2D eigenvalue weighted by Crippen LogP contribution is -2.09. The molecule has 0 aliphatic heterocycles. The van der Waals surface area contributed by atoms with Gasteiger partial charge in [0.1, 0.15) is 14.7 Å². The van der Waals surface area contributed by atoms with E-state index in [-0.39, 0.29) is 55.3 Å². The van der Waals surface area contributed by atoms with E-state index in [4.69, 9.17) is 39.5 Å². The smallest absolute Gasteiger partial charge is 0.307 e. The number of carbonyl (C=O) groups is 1. The summed E-state index contributed by atoms with van der Waals surface area (Å²) in [7, 11) is -6.37. The number of nitrogen functional groups attached to an aromatic ring is 6. The SMILES string of the molecule is C.C=P(O)(O)Cc1ccc(NCc2cnc3nc(N)nc(N)c3n2)cc1.C=P(O)(O)c1cccc(NCc2cnc3nc(N)nc(N)c3n2)c1.Nc1nc(N)c2nc(CNc3ccc(CC(=O)O)cc3)cnc2n1. The normalized spacial score (nSPS) is 11.1. The Morgan fingerprint density at radius 3 is 1.26 bits per heavy atom. The van der Waals surface area contributed by atoms with Crippen molar-refractivity contribution in [3.8, 4) is 0 Å². The molecule has 20 N–H and O–H groups in total. The van der Waals surface area contributed by atoms with Gasteiger partial charge in [-0.25, -0.2) is 29.9 Å². The average molecular weight is 1050 g/mol. The van der Waals surface area contributed by atoms with E-state index in [1.807, 2.05) is 36.4 Å². The molecule has 0 amide bonds. The summed E-state index contributed by atoms with van der Waals surface area (Å²) in [5.74, 6) is -0.154. The van der Waals surface area contributed by atoms with Crippen LogP contribution in [0.25, 0.3) is 33.5 Å². The molecule has 74 heavy (non-hydrogen) atoms. The molecule has 0 aliphatic carbocycles. The van der Waals surface area contributed by atoms with Crippen LogP contribution < -0.4 is 55.7 Å². The van der Waals surface area contributed by atoms with Crippen LogP contribution in [0.3, 0.4) is 0 Å². The van der Waals surface area contributed by atoms with E-state index in [0.29, 0.717) is 81.2 Å². The van der Waals surface area contributed by atoms with Crippen molar-refractivity contribution in [3.05, 3.63) is 120 Å². The van der Waals surface area contributed by atoms with Crippen LogP contribution in [0.15, 0.2) is 91.4 Å². The van der Waals surface area contributed by atoms with Crippen LogP contribution in [0.2, 0.25) is 0 Å². The predicted octanol–water partition coefficient (Wildman–Crippen LogP) is 2.51. The van der Waals surface area contributed by atoms with Crippen molar-refractivity contribution in [1.82, 2.24) is 59.8 Å². The van der Waals surface area contributed by atoms with E-state index in [9.17, 15) is 24.4 Å². The minimum Gasteiger partial charge on any atom is -0.481 e. The predicted molar refractivity (Wildman–Crippen MR) is 292 cm³/mol. The van der Waals surface area contributed by atoms with E-state index < -0.39 is 20.6 Å². The summed E-state index contributed by atoms with van der Waals surface area (Å²) >= 11 is 0. The highest BCUT2D eigenvalue weighted by Gasteiger charge is 2.13. The van der Waals surface area contributed by atoms with Gasteiger partial charge in [-0.3, -0.25) is 4.79 Å². The minimum absolute atomic E-state index is 0. The number of nitrogens with two attached hydrogens (primary N) is 6. The van der Waals surface area contributed by atoms with Gasteiger partial charge in [0, 0.05) is 28.5 Å². The van der Waals surface area contributed by atoms with Gasteiger partial charge >= 0.3 is 5.97 Å². The van der Waals surface area contributed by atoms with Crippen molar-refractivity contribution >= 4 is 124 Å². The van der Waals surface area contributed by atoms with E-state index in [1.54, 1.807) is 55.0 Å². The number of aromatic nitrogens is 12. The first kappa shape index (κ1) is 54.4. The molecule has 0 unspecified atom stereocenters. The van der Waals surface area contributed by atoms with Gasteiger partial charge in [-0.05, 0) is 53.8 Å². The number of hydrogen-bond donors (Lipinski definition) is 14. The minimum atomic E-state index is -3.30. The third-order valence-electron chi connectivity index (χ3n) is 9.88. The first-order valence-electron chi connectivity index (χ1n) is 21.4. The zero-order valence-electron chi connectivity index (χ0n) is 38.5. The Bertz CT molecular complexity index is 3550. The molecule has 0 saturated carbocycles. The molecule has 0 bridgehead atoms. The molecule has 0 fully saturated rings. The zero-order chi connectivity index (χ0) is 52.5. The maximum atomic E-state index is 10.7. The lowest BCUT2D eigenvalue weighted by Gasteiger charge is -2.12. The molecule has 0 saturated heterocycles. The molecule has 9 aromatic rings. The molecule has 0 radical (unpaired) electrons. The fraction of sp³-hybridized carbons (Fsp3) is 0.133. The molecule has 6 heterocycles. The van der Waals surface area contributed by atoms with Gasteiger partial charge in [-0.15, -0.1) is 0 Å². The van der Waals surface area contributed by atoms with Gasteiger partial charge in [0.05, 0.1) is 61.7 Å². The Morgan fingerprint density at radius 2 is 0.892 bits per heavy atom. The fourth-order valence-corrected chi connectivity index (χ4v) is 8.02. The number of nitrogens with zero attached hydrogens (tertiary/aromatic N) is 12. The summed E-state index contributed by atoms with van der Waals surface area (Å²) in [5.41, 5.74) is 42.1. The number of rotatable bonds is 14. The molecule has 9 rings (SSSR count). The van der Waals surface area contributed by atoms with Crippen LogP contribution in [-0.2, 0) is 37.0 Å². The number of fused-ring (bicyclic) bond motifs is 3. The largest absolute Gasteiger partial charge is 0.481 e. The number of anilines is 9. The third kappa shape index (κ3) is 15.3. The third-order valence-corrected chi connectivity index (χ3v) is 11.9. The number of carboxylic acids is 1. The lowest BCUT2D eigenvalue weighted by molar-refractivity contribution is -0.136. The number of hydrogen-bond acceptors (Lipinski definition) is 26. The van der Waals surface area contributed by atoms with Crippen molar-refractivity contribution in [1.29, 1.82) is 0 Å². The Hall–Kier alpha value is -8.97. The van der Waals surface area contributed by atoms with Crippen molar-refractivity contribution in [2.45, 2.75) is 39.6 Å². The second-order valence-corrected chi connectivity index (χ2v) is 19.9. The van der Waals surface area contributed by atoms with E-state index in [2.05, 4.69) is 88.4 Å². The maximum Gasteiger partial charge on any atom is 0.307 e. The molecule has 29 heteroatoms. The second-order valence-electron chi connectivity index (χ2n) is 15.8. The van der Waals surface area contributed by atoms with Crippen molar-refractivity contribution < 1.29 is 29.5 Å². The highest BCUT2D eigenvalue weighted by molar-refractivity contribution is 7.70. The fourth-order valence-electron chi connectivity index (χ4n) is 6.56. The molecule has 27 nitrogen and oxygen atoms in total. The molecule has 6 aromatic heterocycles. The molecule has 0 atom stereocenters. The monoisotopic (exact) mass is 1050 g/mol. The molecule has 0 aliphatic rings. The van der Waals surface area contributed by atoms with Crippen LogP contribution in [-0.4, -0.2) is 103 Å². The van der Waals surface area contributed by atoms with Gasteiger partial charge in [0.15, 0.2) is 50.9 Å². The highest BCUT2D eigenvalue weighted by atomic mass is 31.2. The van der Waals surface area contributed by atoms with Gasteiger partial charge in [-0.2, -0.15) is 29.9 Å². The Balaban J connectivity index is 0.000000180. The van der Waals surface area contributed by atoms with Gasteiger partial charge in [0.2, 0.25) is 17.8 Å². The number of carboxylic acid groups (broad SMARTS) is 1. The standard InChI is InChI=1S/C15H18N7O2P.C15H15N7O2.C14H16N7O2P.CH4/c1-25(23,24)8-9-2-4-10(5-3-9)18-6-11-7-19-14-12(20-11)13(16)21-15(17)22-14;16-13-12-14(22-15(17)21-13)19-7-10(20-12)6-18-9-3-1-8(2-4-9)5-11(23)24;1-24(22,23)10-4-2-3-8(5-10)17-6-9-7-18-13-11(19-9)12(15)20-14(16)21-13;/h2-5,7,18,23-24H,1,6,8H2,(H4,16,17,19,21,22);1-4,7,18H,5-6H2,(H,23,24)(H4,16,17,19,21,22);2-5,7,17,22-23H,1,6H2,(H4,15,16,18,20,21);1H4. The Kier molecular flexibility index (Phi) is 17.3. The molecule has 384 valence electrons. The van der Waals surface area contributed by atoms with Crippen LogP contribution in [0.4, 0.5) is 52.4 Å². The zero-order valence-corrected chi connectivity index (χ0v) is 40.3. The van der Waals surface area contributed by atoms with Crippen LogP contribution in [0, 0.1) is 0 Å². The maximum absolute atomic E-state index is 10.7. The lowest BCUT2D eigenvalue weighted by atomic mass is 10.1. The first-order chi connectivity index (χ1) is 34.6. The van der Waals surface area contributed by atoms with Gasteiger partial charge in [0.25, 0.3) is 0 Å². The van der Waals surface area contributed by atoms with Crippen molar-refractivity contribution in [3.63, 3.8) is 0 Å². The van der Waals surface area contributed by atoms with Crippen molar-refractivity contribution in [2.75, 3.05) is 50.4 Å². The van der Waals surface area contributed by atoms with Crippen LogP contribution in [0.1, 0.15) is 35.6 Å². The summed E-state index contributed by atoms with van der Waals surface area (Å²) < 4.78 is 0. The van der Waals surface area contributed by atoms with E-state index in [0.717, 1.165) is 22.5 Å². The summed E-state index contributed by atoms with van der Waals surface area (Å²) in [6.07, 6.45) is 11.6. The van der Waals surface area contributed by atoms with E-state index >= 15 is 0 Å². The highest BCUT2D eigenvalue weighted by Crippen LogP contribution is 2.38. The van der Waals surface area contributed by atoms with Crippen LogP contribution >= 0.6 is 14.7 Å². The van der Waals surface area contributed by atoms with Crippen molar-refractivity contribution in [2.24, 2.45) is 0 Å². The van der Waals surface area contributed by atoms with Gasteiger partial charge < -0.3 is 75.0 Å². The quantitative estimate of drug-likeness (QED) is 0.0696. The second kappa shape index (κ2) is 23.5. The molecular formula is C45H53N21O6P2. The number of aliphatic carboxylic acids is 1. The van der Waals surface area contributed by atoms with Crippen LogP contribution in [0.5, 0.6) is 0 Å².